The van der Waals surface area contributed by atoms with Crippen molar-refractivity contribution in [2.24, 2.45) is 5.41 Å². The average Bonchev–Trinajstić information content (AvgIpc) is 2.78. The summed E-state index contributed by atoms with van der Waals surface area (Å²) in [6.45, 7) is 1.95. The average molecular weight is 255 g/mol. The van der Waals surface area contributed by atoms with Crippen LogP contribution in [-0.2, 0) is 4.79 Å². The van der Waals surface area contributed by atoms with E-state index in [0.717, 1.165) is 31.7 Å². The van der Waals surface area contributed by atoms with Gasteiger partial charge < -0.3 is 4.90 Å². The van der Waals surface area contributed by atoms with Crippen molar-refractivity contribution in [3.8, 4) is 0 Å². The molecule has 0 aromatic heterocycles. The van der Waals surface area contributed by atoms with E-state index in [9.17, 15) is 4.79 Å². The maximum absolute atomic E-state index is 12.1. The molecule has 1 aliphatic heterocycles. The second kappa shape index (κ2) is 6.12. The molecule has 3 heteroatoms. The molecule has 2 fully saturated rings. The molecule has 1 heterocycles. The lowest BCUT2D eigenvalue weighted by atomic mass is 9.87. The Morgan fingerprint density at radius 2 is 1.76 bits per heavy atom. The fourth-order valence-electron chi connectivity index (χ4n) is 3.28. The predicted molar refractivity (Wildman–Crippen MR) is 74.4 cm³/mol. The van der Waals surface area contributed by atoms with Gasteiger partial charge in [0.2, 0.25) is 5.91 Å². The Morgan fingerprint density at radius 1 is 1.06 bits per heavy atom. The molecule has 2 aliphatic rings. The van der Waals surface area contributed by atoms with Crippen LogP contribution in [0.25, 0.3) is 0 Å². The minimum Gasteiger partial charge on any atom is -0.342 e. The summed E-state index contributed by atoms with van der Waals surface area (Å²) in [5.41, 5.74) is 0.331. The van der Waals surface area contributed by atoms with E-state index in [1.807, 2.05) is 0 Å². The van der Waals surface area contributed by atoms with Crippen LogP contribution in [0.5, 0.6) is 0 Å². The Labute approximate surface area is 111 Å². The van der Waals surface area contributed by atoms with Crippen LogP contribution in [0.2, 0.25) is 0 Å². The van der Waals surface area contributed by atoms with Gasteiger partial charge in [0, 0.05) is 19.5 Å². The van der Waals surface area contributed by atoms with Gasteiger partial charge in [-0.1, -0.05) is 25.7 Å². The van der Waals surface area contributed by atoms with Gasteiger partial charge >= 0.3 is 0 Å². The van der Waals surface area contributed by atoms with Crippen molar-refractivity contribution in [2.75, 3.05) is 18.8 Å². The summed E-state index contributed by atoms with van der Waals surface area (Å²) in [5, 5.41) is 0. The Balaban J connectivity index is 1.96. The molecule has 0 spiro atoms. The zero-order valence-corrected chi connectivity index (χ0v) is 11.7. The summed E-state index contributed by atoms with van der Waals surface area (Å²) in [6, 6.07) is 0. The molecule has 0 N–H and O–H groups in total. The van der Waals surface area contributed by atoms with Gasteiger partial charge in [-0.05, 0) is 36.9 Å². The van der Waals surface area contributed by atoms with Gasteiger partial charge in [0.05, 0.1) is 0 Å². The van der Waals surface area contributed by atoms with Crippen molar-refractivity contribution in [3.05, 3.63) is 0 Å². The number of carbonyl (C=O) groups is 1. The number of hydrogen-bond donors (Lipinski definition) is 1. The SMILES string of the molecule is O=C1CCCCCCN1CC1(CS)CCCC1. The van der Waals surface area contributed by atoms with E-state index >= 15 is 0 Å². The molecule has 17 heavy (non-hydrogen) atoms. The molecular formula is C14H25NOS. The lowest BCUT2D eigenvalue weighted by molar-refractivity contribution is -0.133. The van der Waals surface area contributed by atoms with Crippen LogP contribution in [0, 0.1) is 5.41 Å². The number of nitrogens with zero attached hydrogens (tertiary/aromatic N) is 1. The Hall–Kier alpha value is -0.180. The van der Waals surface area contributed by atoms with Crippen molar-refractivity contribution < 1.29 is 4.79 Å². The van der Waals surface area contributed by atoms with Gasteiger partial charge in [-0.15, -0.1) is 0 Å². The monoisotopic (exact) mass is 255 g/mol. The molecular weight excluding hydrogens is 230 g/mol. The third-order valence-electron chi connectivity index (χ3n) is 4.45. The minimum absolute atomic E-state index is 0.331. The molecule has 0 radical (unpaired) electrons. The summed E-state index contributed by atoms with van der Waals surface area (Å²) >= 11 is 4.54. The maximum Gasteiger partial charge on any atom is 0.222 e. The zero-order chi connectivity index (χ0) is 12.1. The van der Waals surface area contributed by atoms with Crippen LogP contribution < -0.4 is 0 Å². The van der Waals surface area contributed by atoms with E-state index < -0.39 is 0 Å². The Kier molecular flexibility index (Phi) is 4.78. The normalized spacial score (nSPS) is 25.7. The minimum atomic E-state index is 0.331. The summed E-state index contributed by atoms with van der Waals surface area (Å²) in [6.07, 6.45) is 10.7. The topological polar surface area (TPSA) is 20.3 Å². The zero-order valence-electron chi connectivity index (χ0n) is 10.8. The molecule has 0 unspecified atom stereocenters. The maximum atomic E-state index is 12.1. The number of thiol groups is 1. The van der Waals surface area contributed by atoms with Gasteiger partial charge in [0.15, 0.2) is 0 Å². The van der Waals surface area contributed by atoms with Crippen LogP contribution in [-0.4, -0.2) is 29.6 Å². The van der Waals surface area contributed by atoms with E-state index in [2.05, 4.69) is 17.5 Å². The standard InChI is InChI=1S/C14H25NOS/c16-13-7-3-1-2-6-10-15(13)11-14(12-17)8-4-5-9-14/h17H,1-12H2. The molecule has 1 amide bonds. The second-order valence-electron chi connectivity index (χ2n) is 5.84. The van der Waals surface area contributed by atoms with E-state index in [-0.39, 0.29) is 0 Å². The summed E-state index contributed by atoms with van der Waals surface area (Å²) < 4.78 is 0. The fourth-order valence-corrected chi connectivity index (χ4v) is 3.69. The highest BCUT2D eigenvalue weighted by Crippen LogP contribution is 2.40. The highest BCUT2D eigenvalue weighted by atomic mass is 32.1. The summed E-state index contributed by atoms with van der Waals surface area (Å²) in [7, 11) is 0. The predicted octanol–water partition coefficient (Wildman–Crippen LogP) is 3.27. The van der Waals surface area contributed by atoms with Gasteiger partial charge in [-0.25, -0.2) is 0 Å². The third kappa shape index (κ3) is 3.40. The number of carbonyl (C=O) groups excluding carboxylic acids is 1. The van der Waals surface area contributed by atoms with Crippen LogP contribution in [0.4, 0.5) is 0 Å². The van der Waals surface area contributed by atoms with Crippen molar-refractivity contribution in [2.45, 2.75) is 57.8 Å². The number of likely N-dealkylation sites (tertiary alicyclic amines) is 1. The Bertz CT molecular complexity index is 261. The first-order chi connectivity index (χ1) is 8.26. The lowest BCUT2D eigenvalue weighted by Crippen LogP contribution is -2.42. The van der Waals surface area contributed by atoms with Crippen molar-refractivity contribution in [1.29, 1.82) is 0 Å². The van der Waals surface area contributed by atoms with E-state index in [1.165, 1.54) is 44.9 Å². The second-order valence-corrected chi connectivity index (χ2v) is 6.16. The quantitative estimate of drug-likeness (QED) is 0.767. The van der Waals surface area contributed by atoms with Gasteiger partial charge in [-0.3, -0.25) is 4.79 Å². The highest BCUT2D eigenvalue weighted by Gasteiger charge is 2.35. The first kappa shape index (κ1) is 13.3. The molecule has 1 aliphatic carbocycles. The molecule has 0 aromatic rings. The van der Waals surface area contributed by atoms with Crippen LogP contribution in [0.1, 0.15) is 57.8 Å². The Morgan fingerprint density at radius 3 is 2.47 bits per heavy atom. The molecule has 0 atom stereocenters. The van der Waals surface area contributed by atoms with Crippen LogP contribution in [0.15, 0.2) is 0 Å². The number of amides is 1. The van der Waals surface area contributed by atoms with Gasteiger partial charge in [0.25, 0.3) is 0 Å². The fraction of sp³-hybridized carbons (Fsp3) is 0.929. The number of rotatable bonds is 3. The van der Waals surface area contributed by atoms with Gasteiger partial charge in [-0.2, -0.15) is 12.6 Å². The molecule has 0 aromatic carbocycles. The smallest absolute Gasteiger partial charge is 0.222 e. The van der Waals surface area contributed by atoms with E-state index in [0.29, 0.717) is 11.3 Å². The number of hydrogen-bond acceptors (Lipinski definition) is 2. The van der Waals surface area contributed by atoms with Crippen molar-refractivity contribution in [3.63, 3.8) is 0 Å². The first-order valence-corrected chi connectivity index (χ1v) is 7.78. The lowest BCUT2D eigenvalue weighted by Gasteiger charge is -2.35. The molecule has 2 nitrogen and oxygen atoms in total. The third-order valence-corrected chi connectivity index (χ3v) is 5.12. The van der Waals surface area contributed by atoms with E-state index in [4.69, 9.17) is 0 Å². The summed E-state index contributed by atoms with van der Waals surface area (Å²) in [5.74, 6) is 1.33. The van der Waals surface area contributed by atoms with Crippen LogP contribution in [0.3, 0.4) is 0 Å². The largest absolute Gasteiger partial charge is 0.342 e. The molecule has 0 bridgehead atoms. The molecule has 1 saturated heterocycles. The molecule has 1 saturated carbocycles. The molecule has 2 rings (SSSR count). The molecule has 98 valence electrons. The van der Waals surface area contributed by atoms with Crippen LogP contribution >= 0.6 is 12.6 Å². The highest BCUT2D eigenvalue weighted by molar-refractivity contribution is 7.80. The summed E-state index contributed by atoms with van der Waals surface area (Å²) in [4.78, 5) is 14.3. The van der Waals surface area contributed by atoms with Crippen molar-refractivity contribution >= 4 is 18.5 Å². The van der Waals surface area contributed by atoms with Crippen molar-refractivity contribution in [1.82, 2.24) is 4.90 Å². The first-order valence-electron chi connectivity index (χ1n) is 7.14. The van der Waals surface area contributed by atoms with E-state index in [1.54, 1.807) is 0 Å². The van der Waals surface area contributed by atoms with Gasteiger partial charge in [0.1, 0.15) is 0 Å².